The van der Waals surface area contributed by atoms with Gasteiger partial charge in [0.2, 0.25) is 5.88 Å². The monoisotopic (exact) mass is 250 g/mol. The van der Waals surface area contributed by atoms with Crippen LogP contribution in [0.5, 0.6) is 11.6 Å². The number of rotatable bonds is 2. The Hall–Kier alpha value is -2.42. The summed E-state index contributed by atoms with van der Waals surface area (Å²) in [4.78, 5) is 8.44. The van der Waals surface area contributed by atoms with Gasteiger partial charge in [0, 0.05) is 0 Å². The fraction of sp³-hybridized carbons (Fsp3) is 0.125. The fourth-order valence-corrected chi connectivity index (χ4v) is 1.95. The van der Waals surface area contributed by atoms with Crippen molar-refractivity contribution < 1.29 is 4.74 Å². The van der Waals surface area contributed by atoms with Gasteiger partial charge >= 0.3 is 0 Å². The number of hydrogen-bond acceptors (Lipinski definition) is 3. The topological polar surface area (TPSA) is 35.0 Å². The quantitative estimate of drug-likeness (QED) is 0.688. The molecular formula is C16H14N2O. The highest BCUT2D eigenvalue weighted by Gasteiger charge is 2.06. The van der Waals surface area contributed by atoms with Crippen LogP contribution >= 0.6 is 0 Å². The van der Waals surface area contributed by atoms with Crippen LogP contribution in [-0.4, -0.2) is 9.97 Å². The van der Waals surface area contributed by atoms with Gasteiger partial charge < -0.3 is 4.74 Å². The van der Waals surface area contributed by atoms with E-state index >= 15 is 0 Å². The van der Waals surface area contributed by atoms with Gasteiger partial charge in [-0.1, -0.05) is 18.2 Å². The summed E-state index contributed by atoms with van der Waals surface area (Å²) in [7, 11) is 0. The number of ether oxygens (including phenoxy) is 1. The van der Waals surface area contributed by atoms with E-state index in [9.17, 15) is 0 Å². The maximum Gasteiger partial charge on any atom is 0.230 e. The molecule has 0 fully saturated rings. The van der Waals surface area contributed by atoms with Gasteiger partial charge in [-0.05, 0) is 49.2 Å². The lowest BCUT2D eigenvalue weighted by atomic mass is 10.1. The van der Waals surface area contributed by atoms with Crippen molar-refractivity contribution in [3.8, 4) is 11.6 Å². The van der Waals surface area contributed by atoms with E-state index in [1.54, 1.807) is 0 Å². The summed E-state index contributed by atoms with van der Waals surface area (Å²) in [6.45, 7) is 4.15. The molecule has 0 saturated carbocycles. The Labute approximate surface area is 111 Å². The molecule has 0 spiro atoms. The summed E-state index contributed by atoms with van der Waals surface area (Å²) < 4.78 is 5.88. The molecule has 0 bridgehead atoms. The number of hydrogen-bond donors (Lipinski definition) is 0. The Morgan fingerprint density at radius 1 is 0.895 bits per heavy atom. The standard InChI is InChI=1S/C16H14N2O/c1-11-7-8-13(9-12(11)2)19-16-14-5-3-4-6-15(14)17-10-18-16/h3-10H,1-2H3. The Bertz CT molecular complexity index is 732. The Morgan fingerprint density at radius 3 is 2.58 bits per heavy atom. The predicted molar refractivity (Wildman–Crippen MR) is 75.5 cm³/mol. The van der Waals surface area contributed by atoms with E-state index < -0.39 is 0 Å². The molecule has 0 aliphatic carbocycles. The molecule has 0 amide bonds. The SMILES string of the molecule is Cc1ccc(Oc2ncnc3ccccc23)cc1C. The Kier molecular flexibility index (Phi) is 2.88. The van der Waals surface area contributed by atoms with Crippen LogP contribution in [0.1, 0.15) is 11.1 Å². The van der Waals surface area contributed by atoms with Gasteiger partial charge in [-0.3, -0.25) is 0 Å². The first-order chi connectivity index (χ1) is 9.24. The Balaban J connectivity index is 2.03. The molecule has 3 aromatic rings. The second-order valence-corrected chi connectivity index (χ2v) is 4.54. The molecule has 1 heterocycles. The average Bonchev–Trinajstić information content (AvgIpc) is 2.43. The molecule has 0 unspecified atom stereocenters. The van der Waals surface area contributed by atoms with Crippen LogP contribution in [0.25, 0.3) is 10.9 Å². The summed E-state index contributed by atoms with van der Waals surface area (Å²) >= 11 is 0. The second kappa shape index (κ2) is 4.69. The first-order valence-corrected chi connectivity index (χ1v) is 6.19. The van der Waals surface area contributed by atoms with Crippen molar-refractivity contribution in [2.45, 2.75) is 13.8 Å². The maximum atomic E-state index is 5.88. The van der Waals surface area contributed by atoms with Crippen LogP contribution in [0.3, 0.4) is 0 Å². The van der Waals surface area contributed by atoms with Crippen molar-refractivity contribution in [3.05, 3.63) is 59.9 Å². The third-order valence-electron chi connectivity index (χ3n) is 3.20. The van der Waals surface area contributed by atoms with E-state index in [1.807, 2.05) is 42.5 Å². The molecule has 3 nitrogen and oxygen atoms in total. The van der Waals surface area contributed by atoms with Crippen molar-refractivity contribution in [2.75, 3.05) is 0 Å². The third kappa shape index (κ3) is 2.27. The molecule has 2 aromatic carbocycles. The first-order valence-electron chi connectivity index (χ1n) is 6.19. The van der Waals surface area contributed by atoms with Gasteiger partial charge in [0.15, 0.2) is 0 Å². The van der Waals surface area contributed by atoms with Crippen LogP contribution in [0, 0.1) is 13.8 Å². The van der Waals surface area contributed by atoms with Gasteiger partial charge in [0.1, 0.15) is 12.1 Å². The smallest absolute Gasteiger partial charge is 0.230 e. The molecular weight excluding hydrogens is 236 g/mol. The zero-order valence-electron chi connectivity index (χ0n) is 10.9. The minimum atomic E-state index is 0.592. The third-order valence-corrected chi connectivity index (χ3v) is 3.20. The van der Waals surface area contributed by atoms with Crippen LogP contribution in [0.15, 0.2) is 48.8 Å². The van der Waals surface area contributed by atoms with Gasteiger partial charge in [0.25, 0.3) is 0 Å². The van der Waals surface area contributed by atoms with E-state index in [0.717, 1.165) is 16.7 Å². The minimum absolute atomic E-state index is 0.592. The van der Waals surface area contributed by atoms with Gasteiger partial charge in [-0.15, -0.1) is 0 Å². The molecule has 0 N–H and O–H groups in total. The van der Waals surface area contributed by atoms with Crippen molar-refractivity contribution in [1.29, 1.82) is 0 Å². The summed E-state index contributed by atoms with van der Waals surface area (Å²) in [5.41, 5.74) is 3.34. The van der Waals surface area contributed by atoms with Crippen molar-refractivity contribution in [3.63, 3.8) is 0 Å². The molecule has 0 saturated heterocycles. The number of aryl methyl sites for hydroxylation is 2. The number of aromatic nitrogens is 2. The highest BCUT2D eigenvalue weighted by atomic mass is 16.5. The molecule has 0 aliphatic rings. The van der Waals surface area contributed by atoms with Gasteiger partial charge in [-0.2, -0.15) is 0 Å². The van der Waals surface area contributed by atoms with Crippen molar-refractivity contribution in [2.24, 2.45) is 0 Å². The predicted octanol–water partition coefficient (Wildman–Crippen LogP) is 4.04. The highest BCUT2D eigenvalue weighted by molar-refractivity contribution is 5.83. The largest absolute Gasteiger partial charge is 0.438 e. The van der Waals surface area contributed by atoms with Crippen LogP contribution < -0.4 is 4.74 Å². The molecule has 94 valence electrons. The van der Waals surface area contributed by atoms with Gasteiger partial charge in [0.05, 0.1) is 10.9 Å². The van der Waals surface area contributed by atoms with Crippen molar-refractivity contribution in [1.82, 2.24) is 9.97 Å². The van der Waals surface area contributed by atoms with E-state index in [-0.39, 0.29) is 0 Å². The zero-order chi connectivity index (χ0) is 13.2. The van der Waals surface area contributed by atoms with Crippen LogP contribution in [0.4, 0.5) is 0 Å². The molecule has 0 radical (unpaired) electrons. The highest BCUT2D eigenvalue weighted by Crippen LogP contribution is 2.27. The summed E-state index contributed by atoms with van der Waals surface area (Å²) in [5, 5.41) is 0.920. The zero-order valence-corrected chi connectivity index (χ0v) is 10.9. The summed E-state index contributed by atoms with van der Waals surface area (Å²) in [6.07, 6.45) is 1.53. The summed E-state index contributed by atoms with van der Waals surface area (Å²) in [5.74, 6) is 1.39. The molecule has 3 heteroatoms. The van der Waals surface area contributed by atoms with Crippen LogP contribution in [-0.2, 0) is 0 Å². The first kappa shape index (κ1) is 11.7. The van der Waals surface area contributed by atoms with E-state index in [4.69, 9.17) is 4.74 Å². The van der Waals surface area contributed by atoms with Crippen molar-refractivity contribution >= 4 is 10.9 Å². The molecule has 0 atom stereocenters. The Morgan fingerprint density at radius 2 is 1.74 bits per heavy atom. The lowest BCUT2D eigenvalue weighted by molar-refractivity contribution is 0.467. The normalized spacial score (nSPS) is 10.6. The number of nitrogens with zero attached hydrogens (tertiary/aromatic N) is 2. The fourth-order valence-electron chi connectivity index (χ4n) is 1.95. The van der Waals surface area contributed by atoms with E-state index in [2.05, 4.69) is 23.8 Å². The molecule has 19 heavy (non-hydrogen) atoms. The summed E-state index contributed by atoms with van der Waals surface area (Å²) in [6, 6.07) is 13.9. The minimum Gasteiger partial charge on any atom is -0.438 e. The van der Waals surface area contributed by atoms with E-state index in [0.29, 0.717) is 5.88 Å². The molecule has 1 aromatic heterocycles. The lowest BCUT2D eigenvalue weighted by Gasteiger charge is -2.08. The lowest BCUT2D eigenvalue weighted by Crippen LogP contribution is -1.92. The number of benzene rings is 2. The van der Waals surface area contributed by atoms with E-state index in [1.165, 1.54) is 17.5 Å². The second-order valence-electron chi connectivity index (χ2n) is 4.54. The number of fused-ring (bicyclic) bond motifs is 1. The average molecular weight is 250 g/mol. The maximum absolute atomic E-state index is 5.88. The van der Waals surface area contributed by atoms with Gasteiger partial charge in [-0.25, -0.2) is 9.97 Å². The molecule has 3 rings (SSSR count). The number of para-hydroxylation sites is 1. The van der Waals surface area contributed by atoms with Crippen LogP contribution in [0.2, 0.25) is 0 Å². The molecule has 0 aliphatic heterocycles.